The maximum absolute atomic E-state index is 13.8. The lowest BCUT2D eigenvalue weighted by atomic mass is 9.98. The lowest BCUT2D eigenvalue weighted by molar-refractivity contribution is -0.151. The fraction of sp³-hybridized carbons (Fsp3) is 0.412. The van der Waals surface area contributed by atoms with Crippen LogP contribution in [0.25, 0.3) is 0 Å². The molecule has 1 aliphatic rings. The van der Waals surface area contributed by atoms with E-state index < -0.39 is 38.4 Å². The number of aromatic nitrogens is 1. The van der Waals surface area contributed by atoms with E-state index in [9.17, 15) is 22.0 Å². The molecule has 0 atom stereocenters. The van der Waals surface area contributed by atoms with E-state index in [-0.39, 0.29) is 32.5 Å². The van der Waals surface area contributed by atoms with Crippen LogP contribution in [-0.2, 0) is 26.2 Å². The van der Waals surface area contributed by atoms with Crippen molar-refractivity contribution in [2.75, 3.05) is 13.1 Å². The molecule has 10 heteroatoms. The highest BCUT2D eigenvalue weighted by Gasteiger charge is 2.34. The molecule has 3 rings (SSSR count). The lowest BCUT2D eigenvalue weighted by Crippen LogP contribution is -2.40. The van der Waals surface area contributed by atoms with Gasteiger partial charge in [0, 0.05) is 19.2 Å². The Morgan fingerprint density at radius 3 is 2.63 bits per heavy atom. The molecule has 0 radical (unpaired) electrons. The molecule has 0 bridgehead atoms. The normalized spacial score (nSPS) is 16.4. The molecule has 1 aromatic carbocycles. The molecular weight excluding hydrogens is 382 g/mol. The number of hydrogen-bond donors (Lipinski definition) is 0. The third-order valence-electron chi connectivity index (χ3n) is 4.34. The standard InChI is InChI=1S/C17H18F2N2O5S/c1-11-8-14(20-26-11)10-25-17(22)12-4-6-21(7-5-12)27(23,24)16-9-13(18)2-3-15(16)19/h2-3,8-9,12H,4-7,10H2,1H3. The van der Waals surface area contributed by atoms with E-state index in [1.165, 1.54) is 0 Å². The first kappa shape index (κ1) is 19.4. The molecule has 0 saturated carbocycles. The second-order valence-electron chi connectivity index (χ2n) is 6.29. The summed E-state index contributed by atoms with van der Waals surface area (Å²) in [5.74, 6) is -2.17. The van der Waals surface area contributed by atoms with E-state index >= 15 is 0 Å². The van der Waals surface area contributed by atoms with Crippen molar-refractivity contribution in [3.8, 4) is 0 Å². The quantitative estimate of drug-likeness (QED) is 0.716. The molecule has 146 valence electrons. The molecule has 1 fully saturated rings. The van der Waals surface area contributed by atoms with Gasteiger partial charge in [0.25, 0.3) is 0 Å². The molecule has 0 aliphatic carbocycles. The Hall–Kier alpha value is -2.33. The number of rotatable bonds is 5. The third kappa shape index (κ3) is 4.33. The van der Waals surface area contributed by atoms with E-state index in [1.807, 2.05) is 0 Å². The first-order valence-electron chi connectivity index (χ1n) is 8.31. The maximum atomic E-state index is 13.8. The second kappa shape index (κ2) is 7.73. The van der Waals surface area contributed by atoms with Crippen molar-refractivity contribution in [3.05, 3.63) is 47.4 Å². The van der Waals surface area contributed by atoms with Crippen LogP contribution in [0.2, 0.25) is 0 Å². The van der Waals surface area contributed by atoms with Gasteiger partial charge in [0.05, 0.1) is 5.92 Å². The Morgan fingerprint density at radius 2 is 2.00 bits per heavy atom. The number of piperidine rings is 1. The first-order valence-corrected chi connectivity index (χ1v) is 9.75. The van der Waals surface area contributed by atoms with Crippen LogP contribution in [-0.4, -0.2) is 36.9 Å². The molecule has 1 aliphatic heterocycles. The molecule has 7 nitrogen and oxygen atoms in total. The largest absolute Gasteiger partial charge is 0.459 e. The predicted molar refractivity (Wildman–Crippen MR) is 88.9 cm³/mol. The van der Waals surface area contributed by atoms with Crippen molar-refractivity contribution in [3.63, 3.8) is 0 Å². The number of carbonyl (C=O) groups is 1. The number of hydrogen-bond acceptors (Lipinski definition) is 6. The molecule has 2 aromatic rings. The van der Waals surface area contributed by atoms with E-state index in [4.69, 9.17) is 9.26 Å². The summed E-state index contributed by atoms with van der Waals surface area (Å²) >= 11 is 0. The zero-order valence-electron chi connectivity index (χ0n) is 14.5. The van der Waals surface area contributed by atoms with Crippen molar-refractivity contribution in [1.82, 2.24) is 9.46 Å². The van der Waals surface area contributed by atoms with Crippen molar-refractivity contribution in [1.29, 1.82) is 0 Å². The van der Waals surface area contributed by atoms with E-state index in [0.717, 1.165) is 16.4 Å². The van der Waals surface area contributed by atoms with Crippen LogP contribution in [0, 0.1) is 24.5 Å². The minimum absolute atomic E-state index is 0.0150. The van der Waals surface area contributed by atoms with Gasteiger partial charge in [-0.15, -0.1) is 0 Å². The predicted octanol–water partition coefficient (Wildman–Crippen LogP) is 2.41. The fourth-order valence-electron chi connectivity index (χ4n) is 2.89. The minimum Gasteiger partial charge on any atom is -0.459 e. The van der Waals surface area contributed by atoms with Crippen molar-refractivity contribution < 1.29 is 31.3 Å². The summed E-state index contributed by atoms with van der Waals surface area (Å²) < 4.78 is 63.3. The average Bonchev–Trinajstić information content (AvgIpc) is 3.07. The van der Waals surface area contributed by atoms with Crippen molar-refractivity contribution in [2.45, 2.75) is 31.3 Å². The van der Waals surface area contributed by atoms with Gasteiger partial charge in [0.2, 0.25) is 10.0 Å². The SMILES string of the molecule is Cc1cc(COC(=O)C2CCN(S(=O)(=O)c3cc(F)ccc3F)CC2)no1. The first-order chi connectivity index (χ1) is 12.8. The summed E-state index contributed by atoms with van der Waals surface area (Å²) in [6.07, 6.45) is 0.458. The van der Waals surface area contributed by atoms with E-state index in [0.29, 0.717) is 17.5 Å². The highest BCUT2D eigenvalue weighted by Crippen LogP contribution is 2.26. The number of nitrogens with zero attached hydrogens (tertiary/aromatic N) is 2. The van der Waals surface area contributed by atoms with Crippen molar-refractivity contribution in [2.24, 2.45) is 5.92 Å². The fourth-order valence-corrected chi connectivity index (χ4v) is 4.44. The molecule has 1 saturated heterocycles. The van der Waals surface area contributed by atoms with Crippen LogP contribution in [0.1, 0.15) is 24.3 Å². The molecular formula is C17H18F2N2O5S. The summed E-state index contributed by atoms with van der Waals surface area (Å²) in [6, 6.07) is 3.94. The van der Waals surface area contributed by atoms with Crippen LogP contribution in [0.15, 0.2) is 33.7 Å². The summed E-state index contributed by atoms with van der Waals surface area (Å²) in [4.78, 5) is 11.4. The minimum atomic E-state index is -4.17. The molecule has 27 heavy (non-hydrogen) atoms. The lowest BCUT2D eigenvalue weighted by Gasteiger charge is -2.30. The number of carbonyl (C=O) groups excluding carboxylic acids is 1. The highest BCUT2D eigenvalue weighted by atomic mass is 32.2. The van der Waals surface area contributed by atoms with Crippen LogP contribution < -0.4 is 0 Å². The molecule has 1 aromatic heterocycles. The number of sulfonamides is 1. The zero-order chi connectivity index (χ0) is 19.6. The van der Waals surface area contributed by atoms with E-state index in [1.54, 1.807) is 13.0 Å². The molecule has 0 spiro atoms. The maximum Gasteiger partial charge on any atom is 0.309 e. The van der Waals surface area contributed by atoms with Gasteiger partial charge in [-0.1, -0.05) is 5.16 Å². The zero-order valence-corrected chi connectivity index (χ0v) is 15.3. The Balaban J connectivity index is 1.59. The van der Waals surface area contributed by atoms with Gasteiger partial charge in [0.15, 0.2) is 0 Å². The van der Waals surface area contributed by atoms with Crippen LogP contribution in [0.5, 0.6) is 0 Å². The summed E-state index contributed by atoms with van der Waals surface area (Å²) in [7, 11) is -4.17. The molecule has 2 heterocycles. The number of ether oxygens (including phenoxy) is 1. The Labute approximate surface area is 154 Å². The van der Waals surface area contributed by atoms with Gasteiger partial charge < -0.3 is 9.26 Å². The second-order valence-corrected chi connectivity index (χ2v) is 8.20. The summed E-state index contributed by atoms with van der Waals surface area (Å²) in [5.41, 5.74) is 0.488. The van der Waals surface area contributed by atoms with Crippen molar-refractivity contribution >= 4 is 16.0 Å². The molecule has 0 amide bonds. The van der Waals surface area contributed by atoms with Crippen LogP contribution in [0.3, 0.4) is 0 Å². The smallest absolute Gasteiger partial charge is 0.309 e. The summed E-state index contributed by atoms with van der Waals surface area (Å²) in [5, 5.41) is 3.72. The van der Waals surface area contributed by atoms with Gasteiger partial charge >= 0.3 is 5.97 Å². The van der Waals surface area contributed by atoms with Gasteiger partial charge in [-0.3, -0.25) is 4.79 Å². The average molecular weight is 400 g/mol. The van der Waals surface area contributed by atoms with Gasteiger partial charge in [-0.25, -0.2) is 17.2 Å². The monoisotopic (exact) mass is 400 g/mol. The van der Waals surface area contributed by atoms with Gasteiger partial charge in [-0.2, -0.15) is 4.31 Å². The van der Waals surface area contributed by atoms with Gasteiger partial charge in [-0.05, 0) is 38.0 Å². The van der Waals surface area contributed by atoms with Crippen LogP contribution in [0.4, 0.5) is 8.78 Å². The van der Waals surface area contributed by atoms with Gasteiger partial charge in [0.1, 0.15) is 34.6 Å². The Bertz CT molecular complexity index is 937. The Kier molecular flexibility index (Phi) is 5.56. The number of halogens is 2. The van der Waals surface area contributed by atoms with Crippen LogP contribution >= 0.6 is 0 Å². The molecule has 0 N–H and O–H groups in total. The summed E-state index contributed by atoms with van der Waals surface area (Å²) in [6.45, 7) is 1.72. The molecule has 0 unspecified atom stereocenters. The third-order valence-corrected chi connectivity index (χ3v) is 6.25. The number of aryl methyl sites for hydroxylation is 1. The highest BCUT2D eigenvalue weighted by molar-refractivity contribution is 7.89. The van der Waals surface area contributed by atoms with E-state index in [2.05, 4.69) is 5.16 Å². The number of esters is 1. The Morgan fingerprint density at radius 1 is 1.30 bits per heavy atom. The topological polar surface area (TPSA) is 89.7 Å². The number of benzene rings is 1.